The molecule has 1 fully saturated rings. The second-order valence-electron chi connectivity index (χ2n) is 7.15. The average Bonchev–Trinajstić information content (AvgIpc) is 2.72. The molecule has 3 rings (SSSR count). The van der Waals surface area contributed by atoms with Crippen molar-refractivity contribution in [2.75, 3.05) is 36.9 Å². The van der Waals surface area contributed by atoms with Crippen molar-refractivity contribution in [2.24, 2.45) is 0 Å². The highest BCUT2D eigenvalue weighted by atomic mass is 32.2. The molecule has 0 aromatic heterocycles. The van der Waals surface area contributed by atoms with E-state index in [1.165, 1.54) is 16.4 Å². The van der Waals surface area contributed by atoms with Crippen LogP contribution in [0.2, 0.25) is 0 Å². The van der Waals surface area contributed by atoms with Gasteiger partial charge in [0.15, 0.2) is 0 Å². The second kappa shape index (κ2) is 8.94. The molecule has 7 nitrogen and oxygen atoms in total. The van der Waals surface area contributed by atoms with Gasteiger partial charge in [-0.25, -0.2) is 8.42 Å². The summed E-state index contributed by atoms with van der Waals surface area (Å²) in [4.78, 5) is 12.8. The summed E-state index contributed by atoms with van der Waals surface area (Å²) < 4.78 is 32.3. The zero-order valence-electron chi connectivity index (χ0n) is 16.9. The molecule has 156 valence electrons. The SMILES string of the molecule is Cc1cccc(N[C@H](C)C(=O)Nc2cccc(S(=O)(=O)N3CCOCC3)c2)c1C. The Morgan fingerprint density at radius 2 is 1.79 bits per heavy atom. The first-order valence-corrected chi connectivity index (χ1v) is 11.0. The maximum atomic E-state index is 12.8. The fourth-order valence-electron chi connectivity index (χ4n) is 3.13. The van der Waals surface area contributed by atoms with Crippen molar-refractivity contribution in [1.29, 1.82) is 0 Å². The van der Waals surface area contributed by atoms with Gasteiger partial charge in [0, 0.05) is 24.5 Å². The molecule has 1 heterocycles. The van der Waals surface area contributed by atoms with E-state index in [9.17, 15) is 13.2 Å². The quantitative estimate of drug-likeness (QED) is 0.755. The van der Waals surface area contributed by atoms with Gasteiger partial charge in [-0.1, -0.05) is 18.2 Å². The van der Waals surface area contributed by atoms with Gasteiger partial charge in [-0.3, -0.25) is 4.79 Å². The number of carbonyl (C=O) groups excluding carboxylic acids is 1. The third-order valence-corrected chi connectivity index (χ3v) is 6.97. The minimum Gasteiger partial charge on any atom is -0.379 e. The highest BCUT2D eigenvalue weighted by molar-refractivity contribution is 7.89. The number of carbonyl (C=O) groups is 1. The molecule has 1 atom stereocenters. The smallest absolute Gasteiger partial charge is 0.246 e. The van der Waals surface area contributed by atoms with E-state index in [0.717, 1.165) is 16.8 Å². The molecule has 0 unspecified atom stereocenters. The molecule has 2 aromatic rings. The molecule has 1 aliphatic rings. The van der Waals surface area contributed by atoms with Crippen molar-refractivity contribution in [1.82, 2.24) is 4.31 Å². The maximum Gasteiger partial charge on any atom is 0.246 e. The Hall–Kier alpha value is -2.42. The number of rotatable bonds is 6. The van der Waals surface area contributed by atoms with Crippen LogP contribution in [0.25, 0.3) is 0 Å². The lowest BCUT2D eigenvalue weighted by Gasteiger charge is -2.26. The molecule has 0 aliphatic carbocycles. The average molecular weight is 418 g/mol. The van der Waals surface area contributed by atoms with Crippen LogP contribution >= 0.6 is 0 Å². The molecule has 1 amide bonds. The van der Waals surface area contributed by atoms with Gasteiger partial charge in [0.1, 0.15) is 6.04 Å². The van der Waals surface area contributed by atoms with Crippen molar-refractivity contribution in [3.05, 3.63) is 53.6 Å². The van der Waals surface area contributed by atoms with Crippen LogP contribution in [0.4, 0.5) is 11.4 Å². The fraction of sp³-hybridized carbons (Fsp3) is 0.381. The summed E-state index contributed by atoms with van der Waals surface area (Å²) in [7, 11) is -3.61. The van der Waals surface area contributed by atoms with Gasteiger partial charge in [0.2, 0.25) is 15.9 Å². The van der Waals surface area contributed by atoms with Crippen LogP contribution in [0.3, 0.4) is 0 Å². The molecule has 0 radical (unpaired) electrons. The van der Waals surface area contributed by atoms with Crippen molar-refractivity contribution < 1.29 is 17.9 Å². The Kier molecular flexibility index (Phi) is 6.56. The number of anilines is 2. The van der Waals surface area contributed by atoms with E-state index in [1.807, 2.05) is 32.0 Å². The molecule has 2 N–H and O–H groups in total. The van der Waals surface area contributed by atoms with Gasteiger partial charge in [0.05, 0.1) is 18.1 Å². The predicted molar refractivity (Wildman–Crippen MR) is 114 cm³/mol. The van der Waals surface area contributed by atoms with Crippen LogP contribution in [0.1, 0.15) is 18.1 Å². The minimum atomic E-state index is -3.61. The molecule has 29 heavy (non-hydrogen) atoms. The molecular weight excluding hydrogens is 390 g/mol. The summed E-state index contributed by atoms with van der Waals surface area (Å²) in [5, 5.41) is 6.02. The van der Waals surface area contributed by atoms with Gasteiger partial charge < -0.3 is 15.4 Å². The zero-order chi connectivity index (χ0) is 21.0. The number of sulfonamides is 1. The monoisotopic (exact) mass is 417 g/mol. The van der Waals surface area contributed by atoms with Gasteiger partial charge >= 0.3 is 0 Å². The number of hydrogen-bond donors (Lipinski definition) is 2. The Labute approximate surface area is 172 Å². The Morgan fingerprint density at radius 1 is 1.10 bits per heavy atom. The van der Waals surface area contributed by atoms with Gasteiger partial charge in [-0.05, 0) is 56.2 Å². The highest BCUT2D eigenvalue weighted by Gasteiger charge is 2.26. The Balaban J connectivity index is 1.70. The molecule has 1 saturated heterocycles. The molecular formula is C21H27N3O4S. The topological polar surface area (TPSA) is 87.7 Å². The summed E-state index contributed by atoms with van der Waals surface area (Å²) in [6.45, 7) is 7.22. The predicted octanol–water partition coefficient (Wildman–Crippen LogP) is 2.76. The van der Waals surface area contributed by atoms with Crippen molar-refractivity contribution >= 4 is 27.3 Å². The number of benzene rings is 2. The lowest BCUT2D eigenvalue weighted by molar-refractivity contribution is -0.116. The Morgan fingerprint density at radius 3 is 2.52 bits per heavy atom. The number of nitrogens with one attached hydrogen (secondary N) is 2. The first-order chi connectivity index (χ1) is 13.8. The van der Waals surface area contributed by atoms with E-state index in [-0.39, 0.29) is 10.8 Å². The molecule has 0 bridgehead atoms. The highest BCUT2D eigenvalue weighted by Crippen LogP contribution is 2.22. The molecule has 1 aliphatic heterocycles. The molecule has 0 spiro atoms. The van der Waals surface area contributed by atoms with E-state index >= 15 is 0 Å². The maximum absolute atomic E-state index is 12.8. The third kappa shape index (κ3) is 4.95. The number of morpholine rings is 1. The summed E-state index contributed by atoms with van der Waals surface area (Å²) in [5.41, 5.74) is 3.57. The number of amides is 1. The standard InChI is InChI=1S/C21H27N3O4S/c1-15-6-4-9-20(16(15)2)22-17(3)21(25)23-18-7-5-8-19(14-18)29(26,27)24-10-12-28-13-11-24/h4-9,14,17,22H,10-13H2,1-3H3,(H,23,25)/t17-/m1/s1. The number of nitrogens with zero attached hydrogens (tertiary/aromatic N) is 1. The van der Waals surface area contributed by atoms with Crippen molar-refractivity contribution in [2.45, 2.75) is 31.7 Å². The van der Waals surface area contributed by atoms with Crippen LogP contribution in [0, 0.1) is 13.8 Å². The van der Waals surface area contributed by atoms with E-state index in [0.29, 0.717) is 32.0 Å². The van der Waals surface area contributed by atoms with Gasteiger partial charge in [-0.2, -0.15) is 4.31 Å². The number of hydrogen-bond acceptors (Lipinski definition) is 5. The molecule has 0 saturated carbocycles. The summed E-state index contributed by atoms with van der Waals surface area (Å²) in [6.07, 6.45) is 0. The van der Waals surface area contributed by atoms with E-state index in [2.05, 4.69) is 10.6 Å². The fourth-order valence-corrected chi connectivity index (χ4v) is 4.58. The zero-order valence-corrected chi connectivity index (χ0v) is 17.8. The number of ether oxygens (including phenoxy) is 1. The lowest BCUT2D eigenvalue weighted by atomic mass is 10.1. The first-order valence-electron chi connectivity index (χ1n) is 9.60. The van der Waals surface area contributed by atoms with E-state index in [1.54, 1.807) is 19.1 Å². The van der Waals surface area contributed by atoms with Crippen LogP contribution in [-0.2, 0) is 19.6 Å². The van der Waals surface area contributed by atoms with Crippen LogP contribution in [-0.4, -0.2) is 51.0 Å². The largest absolute Gasteiger partial charge is 0.379 e. The van der Waals surface area contributed by atoms with Crippen LogP contribution in [0.15, 0.2) is 47.4 Å². The molecule has 2 aromatic carbocycles. The van der Waals surface area contributed by atoms with Crippen molar-refractivity contribution in [3.8, 4) is 0 Å². The third-order valence-electron chi connectivity index (χ3n) is 5.08. The van der Waals surface area contributed by atoms with Gasteiger partial charge in [-0.15, -0.1) is 0 Å². The summed E-state index contributed by atoms with van der Waals surface area (Å²) in [6, 6.07) is 11.7. The summed E-state index contributed by atoms with van der Waals surface area (Å²) >= 11 is 0. The lowest BCUT2D eigenvalue weighted by Crippen LogP contribution is -2.40. The second-order valence-corrected chi connectivity index (χ2v) is 9.08. The van der Waals surface area contributed by atoms with E-state index in [4.69, 9.17) is 4.74 Å². The van der Waals surface area contributed by atoms with Crippen LogP contribution < -0.4 is 10.6 Å². The van der Waals surface area contributed by atoms with E-state index < -0.39 is 16.1 Å². The summed E-state index contributed by atoms with van der Waals surface area (Å²) in [5.74, 6) is -0.244. The first kappa shape index (κ1) is 21.3. The van der Waals surface area contributed by atoms with Crippen LogP contribution in [0.5, 0.6) is 0 Å². The Bertz CT molecular complexity index is 985. The minimum absolute atomic E-state index is 0.160. The van der Waals surface area contributed by atoms with Crippen molar-refractivity contribution in [3.63, 3.8) is 0 Å². The molecule has 8 heteroatoms. The van der Waals surface area contributed by atoms with Gasteiger partial charge in [0.25, 0.3) is 0 Å². The normalized spacial score (nSPS) is 16.2. The number of aryl methyl sites for hydroxylation is 1.